The lowest BCUT2D eigenvalue weighted by Crippen LogP contribution is -2.41. The molecule has 11 heteroatoms. The molecule has 1 atom stereocenters. The average Bonchev–Trinajstić information content (AvgIpc) is 3.30. The van der Waals surface area contributed by atoms with E-state index in [1.165, 1.54) is 11.3 Å². The standard InChI is InChI=1S/C25H30F2N4O3S2/c1-17(2)34-23-8-7-20(36(28)32)15-21(23)29-24-30-22(16-35-24)18-3-5-19(6-4-18)33-14-13-31-11-9-25(26,27)10-12-31/h3-8,15-17H,9-14,28H2,1-2H3,(H,29,30). The van der Waals surface area contributed by atoms with Gasteiger partial charge in [0.05, 0.1) is 22.4 Å². The number of likely N-dealkylation sites (tertiary alicyclic amines) is 1. The summed E-state index contributed by atoms with van der Waals surface area (Å²) in [5, 5.41) is 11.4. The Bertz CT molecular complexity index is 1180. The highest BCUT2D eigenvalue weighted by Crippen LogP contribution is 2.34. The second-order valence-corrected chi connectivity index (χ2v) is 10.8. The molecule has 4 rings (SSSR count). The number of aromatic nitrogens is 1. The molecule has 1 aromatic heterocycles. The van der Waals surface area contributed by atoms with E-state index < -0.39 is 16.9 Å². The van der Waals surface area contributed by atoms with Gasteiger partial charge in [-0.15, -0.1) is 11.3 Å². The average molecular weight is 537 g/mol. The zero-order chi connectivity index (χ0) is 25.7. The molecule has 1 unspecified atom stereocenters. The van der Waals surface area contributed by atoms with Crippen LogP contribution in [0.4, 0.5) is 19.6 Å². The first-order chi connectivity index (χ1) is 17.2. The molecule has 1 aliphatic rings. The van der Waals surface area contributed by atoms with Gasteiger partial charge in [-0.2, -0.15) is 0 Å². The number of hydrogen-bond acceptors (Lipinski definition) is 7. The van der Waals surface area contributed by atoms with Gasteiger partial charge in [-0.05, 0) is 56.3 Å². The van der Waals surface area contributed by atoms with Crippen molar-refractivity contribution in [3.8, 4) is 22.8 Å². The Labute approximate surface area is 216 Å². The predicted octanol–water partition coefficient (Wildman–Crippen LogP) is 5.43. The highest BCUT2D eigenvalue weighted by molar-refractivity contribution is 7.82. The molecule has 2 heterocycles. The number of hydrogen-bond donors (Lipinski definition) is 2. The minimum Gasteiger partial charge on any atom is -0.492 e. The maximum atomic E-state index is 13.3. The molecule has 36 heavy (non-hydrogen) atoms. The predicted molar refractivity (Wildman–Crippen MR) is 140 cm³/mol. The van der Waals surface area contributed by atoms with Gasteiger partial charge < -0.3 is 14.8 Å². The first-order valence-corrected chi connectivity index (χ1v) is 13.8. The van der Waals surface area contributed by atoms with Crippen LogP contribution in [0.2, 0.25) is 0 Å². The number of piperidine rings is 1. The molecule has 0 bridgehead atoms. The van der Waals surface area contributed by atoms with Crippen molar-refractivity contribution in [1.29, 1.82) is 0 Å². The van der Waals surface area contributed by atoms with Crippen molar-refractivity contribution in [2.75, 3.05) is 31.6 Å². The molecule has 0 radical (unpaired) electrons. The van der Waals surface area contributed by atoms with Crippen molar-refractivity contribution in [2.24, 2.45) is 5.14 Å². The quantitative estimate of drug-likeness (QED) is 0.359. The number of ether oxygens (including phenoxy) is 2. The van der Waals surface area contributed by atoms with E-state index in [1.807, 2.05) is 48.4 Å². The summed E-state index contributed by atoms with van der Waals surface area (Å²) >= 11 is 1.44. The molecule has 7 nitrogen and oxygen atoms in total. The Morgan fingerprint density at radius 2 is 1.92 bits per heavy atom. The molecule has 0 amide bonds. The van der Waals surface area contributed by atoms with Gasteiger partial charge in [-0.25, -0.2) is 23.1 Å². The van der Waals surface area contributed by atoms with Gasteiger partial charge in [-0.1, -0.05) is 0 Å². The molecular formula is C25H30F2N4O3S2. The lowest BCUT2D eigenvalue weighted by Gasteiger charge is -2.31. The fourth-order valence-electron chi connectivity index (χ4n) is 3.79. The van der Waals surface area contributed by atoms with Crippen LogP contribution >= 0.6 is 11.3 Å². The molecule has 194 valence electrons. The Balaban J connectivity index is 1.35. The molecule has 3 aromatic rings. The number of anilines is 2. The third-order valence-electron chi connectivity index (χ3n) is 5.71. The first kappa shape index (κ1) is 26.5. The molecule has 2 aromatic carbocycles. The van der Waals surface area contributed by atoms with Crippen LogP contribution in [-0.4, -0.2) is 52.4 Å². The Kier molecular flexibility index (Phi) is 8.55. The van der Waals surface area contributed by atoms with Gasteiger partial charge in [0.2, 0.25) is 0 Å². The molecule has 0 spiro atoms. The van der Waals surface area contributed by atoms with Crippen LogP contribution < -0.4 is 19.9 Å². The summed E-state index contributed by atoms with van der Waals surface area (Å²) < 4.78 is 49.9. The number of benzene rings is 2. The van der Waals surface area contributed by atoms with Gasteiger partial charge >= 0.3 is 0 Å². The van der Waals surface area contributed by atoms with Crippen molar-refractivity contribution in [3.05, 3.63) is 47.8 Å². The van der Waals surface area contributed by atoms with Gasteiger partial charge in [0.15, 0.2) is 5.13 Å². The monoisotopic (exact) mass is 536 g/mol. The van der Waals surface area contributed by atoms with Gasteiger partial charge in [0, 0.05) is 43.4 Å². The van der Waals surface area contributed by atoms with E-state index in [0.717, 1.165) is 17.0 Å². The molecule has 0 aliphatic carbocycles. The number of alkyl halides is 2. The van der Waals surface area contributed by atoms with Crippen molar-refractivity contribution in [1.82, 2.24) is 9.88 Å². The lowest BCUT2D eigenvalue weighted by atomic mass is 10.1. The zero-order valence-corrected chi connectivity index (χ0v) is 21.8. The molecular weight excluding hydrogens is 506 g/mol. The summed E-state index contributed by atoms with van der Waals surface area (Å²) in [6.45, 7) is 5.73. The van der Waals surface area contributed by atoms with Crippen LogP contribution in [0.5, 0.6) is 11.5 Å². The zero-order valence-electron chi connectivity index (χ0n) is 20.2. The van der Waals surface area contributed by atoms with Crippen LogP contribution in [0, 0.1) is 0 Å². The van der Waals surface area contributed by atoms with E-state index >= 15 is 0 Å². The second-order valence-electron chi connectivity index (χ2n) is 8.86. The summed E-state index contributed by atoms with van der Waals surface area (Å²) in [7, 11) is -1.61. The van der Waals surface area contributed by atoms with Gasteiger partial charge in [0.25, 0.3) is 5.92 Å². The van der Waals surface area contributed by atoms with Crippen molar-refractivity contribution >= 4 is 33.1 Å². The second kappa shape index (κ2) is 11.6. The van der Waals surface area contributed by atoms with E-state index in [4.69, 9.17) is 14.6 Å². The lowest BCUT2D eigenvalue weighted by molar-refractivity contribution is -0.0564. The fourth-order valence-corrected chi connectivity index (χ4v) is 4.95. The Morgan fingerprint density at radius 3 is 2.58 bits per heavy atom. The maximum absolute atomic E-state index is 13.3. The van der Waals surface area contributed by atoms with Gasteiger partial charge in [-0.3, -0.25) is 4.90 Å². The smallest absolute Gasteiger partial charge is 0.250 e. The number of nitrogens with two attached hydrogens (primary N) is 1. The number of nitrogens with one attached hydrogen (secondary N) is 1. The normalized spacial score (nSPS) is 16.6. The number of rotatable bonds is 10. The van der Waals surface area contributed by atoms with E-state index in [2.05, 4.69) is 10.3 Å². The van der Waals surface area contributed by atoms with Crippen LogP contribution in [0.1, 0.15) is 26.7 Å². The highest BCUT2D eigenvalue weighted by atomic mass is 32.2. The first-order valence-electron chi connectivity index (χ1n) is 11.7. The third kappa shape index (κ3) is 7.22. The maximum Gasteiger partial charge on any atom is 0.250 e. The fraction of sp³-hybridized carbons (Fsp3) is 0.400. The Morgan fingerprint density at radius 1 is 1.19 bits per heavy atom. The minimum atomic E-state index is -2.53. The summed E-state index contributed by atoms with van der Waals surface area (Å²) in [5.41, 5.74) is 2.37. The summed E-state index contributed by atoms with van der Waals surface area (Å²) in [6.07, 6.45) is -0.205. The topological polar surface area (TPSA) is 89.7 Å². The summed E-state index contributed by atoms with van der Waals surface area (Å²) in [5.74, 6) is -1.19. The number of halogens is 2. The SMILES string of the molecule is CC(C)Oc1ccc(S(N)=O)cc1Nc1nc(-c2ccc(OCCN3CCC(F)(F)CC3)cc2)cs1. The van der Waals surface area contributed by atoms with Crippen LogP contribution in [0.25, 0.3) is 11.3 Å². The van der Waals surface area contributed by atoms with Crippen LogP contribution in [0.15, 0.2) is 52.7 Å². The van der Waals surface area contributed by atoms with Crippen molar-refractivity contribution < 1.29 is 22.5 Å². The van der Waals surface area contributed by atoms with Crippen molar-refractivity contribution in [2.45, 2.75) is 43.6 Å². The van der Waals surface area contributed by atoms with Crippen LogP contribution in [0.3, 0.4) is 0 Å². The van der Waals surface area contributed by atoms with Crippen molar-refractivity contribution in [3.63, 3.8) is 0 Å². The third-order valence-corrected chi connectivity index (χ3v) is 7.18. The molecule has 1 aliphatic heterocycles. The highest BCUT2D eigenvalue weighted by Gasteiger charge is 2.33. The van der Waals surface area contributed by atoms with E-state index in [1.54, 1.807) is 18.2 Å². The van der Waals surface area contributed by atoms with E-state index in [9.17, 15) is 13.0 Å². The molecule has 1 fully saturated rings. The largest absolute Gasteiger partial charge is 0.492 e. The Hall–Kier alpha value is -2.60. The number of nitrogens with zero attached hydrogens (tertiary/aromatic N) is 2. The molecule has 3 N–H and O–H groups in total. The molecule has 0 saturated carbocycles. The summed E-state index contributed by atoms with van der Waals surface area (Å²) in [6, 6.07) is 12.7. The van der Waals surface area contributed by atoms with E-state index in [0.29, 0.717) is 47.7 Å². The summed E-state index contributed by atoms with van der Waals surface area (Å²) in [4.78, 5) is 7.16. The van der Waals surface area contributed by atoms with E-state index in [-0.39, 0.29) is 18.9 Å². The molecule has 1 saturated heterocycles. The van der Waals surface area contributed by atoms with Gasteiger partial charge in [0.1, 0.15) is 29.1 Å². The van der Waals surface area contributed by atoms with Crippen LogP contribution in [-0.2, 0) is 11.0 Å². The number of thiazole rings is 1. The minimum absolute atomic E-state index is 0.0306.